The van der Waals surface area contributed by atoms with Crippen molar-refractivity contribution in [3.8, 4) is 11.1 Å². The van der Waals surface area contributed by atoms with E-state index in [2.05, 4.69) is 28.6 Å². The van der Waals surface area contributed by atoms with Crippen LogP contribution in [0, 0.1) is 6.92 Å². The van der Waals surface area contributed by atoms with Gasteiger partial charge in [-0.3, -0.25) is 4.79 Å². The summed E-state index contributed by atoms with van der Waals surface area (Å²) < 4.78 is 3.86. The van der Waals surface area contributed by atoms with Crippen molar-refractivity contribution in [3.63, 3.8) is 0 Å². The Balaban J connectivity index is 1.91. The first-order valence-electron chi connectivity index (χ1n) is 11.0. The van der Waals surface area contributed by atoms with Gasteiger partial charge in [0, 0.05) is 46.0 Å². The normalized spacial score (nSPS) is 13.2. The van der Waals surface area contributed by atoms with E-state index in [1.54, 1.807) is 10.6 Å². The van der Waals surface area contributed by atoms with Crippen LogP contribution in [0.15, 0.2) is 90.1 Å². The van der Waals surface area contributed by atoms with Gasteiger partial charge in [0.05, 0.1) is 17.4 Å². The Labute approximate surface area is 208 Å². The van der Waals surface area contributed by atoms with Crippen molar-refractivity contribution in [2.24, 2.45) is 7.05 Å². The fourth-order valence-corrected chi connectivity index (χ4v) is 5.16. The Hall–Kier alpha value is -3.34. The molecule has 0 spiro atoms. The maximum absolute atomic E-state index is 13.2. The first-order valence-corrected chi connectivity index (χ1v) is 11.7. The molecule has 0 aliphatic heterocycles. The van der Waals surface area contributed by atoms with E-state index in [0.29, 0.717) is 10.0 Å². The van der Waals surface area contributed by atoms with Gasteiger partial charge in [0.15, 0.2) is 0 Å². The minimum atomic E-state index is -0.651. The standard InChI is InChI=1S/C28H23Cl2N3O/c1-18-16-31-17-33(18)28(2,20-10-12-21(29)13-11-20)25-9-5-8-23-24(15-26(34)32(3)27(23)25)19-6-4-7-22(30)14-19/h4-17H,1-3H3. The van der Waals surface area contributed by atoms with Crippen molar-refractivity contribution in [2.75, 3.05) is 0 Å². The van der Waals surface area contributed by atoms with E-state index in [4.69, 9.17) is 23.2 Å². The molecule has 2 heterocycles. The summed E-state index contributed by atoms with van der Waals surface area (Å²) in [5.41, 5.74) is 4.89. The first kappa shape index (κ1) is 22.5. The number of rotatable bonds is 4. The van der Waals surface area contributed by atoms with Crippen LogP contribution in [0.1, 0.15) is 23.7 Å². The smallest absolute Gasteiger partial charge is 0.251 e. The highest BCUT2D eigenvalue weighted by molar-refractivity contribution is 6.31. The maximum Gasteiger partial charge on any atom is 0.251 e. The van der Waals surface area contributed by atoms with Crippen molar-refractivity contribution in [2.45, 2.75) is 19.4 Å². The van der Waals surface area contributed by atoms with Gasteiger partial charge in [0.25, 0.3) is 5.56 Å². The number of fused-ring (bicyclic) bond motifs is 1. The van der Waals surface area contributed by atoms with Crippen LogP contribution in [0.4, 0.5) is 0 Å². The zero-order valence-corrected chi connectivity index (χ0v) is 20.6. The van der Waals surface area contributed by atoms with Gasteiger partial charge in [0.2, 0.25) is 0 Å². The van der Waals surface area contributed by atoms with Crippen molar-refractivity contribution in [3.05, 3.63) is 123 Å². The summed E-state index contributed by atoms with van der Waals surface area (Å²) in [5.74, 6) is 0. The molecule has 3 aromatic carbocycles. The average Bonchev–Trinajstić information content (AvgIpc) is 3.27. The quantitative estimate of drug-likeness (QED) is 0.278. The Morgan fingerprint density at radius 3 is 2.32 bits per heavy atom. The summed E-state index contributed by atoms with van der Waals surface area (Å²) in [7, 11) is 1.82. The molecular weight excluding hydrogens is 465 g/mol. The molecule has 0 N–H and O–H groups in total. The van der Waals surface area contributed by atoms with Crippen LogP contribution in [0.25, 0.3) is 22.0 Å². The topological polar surface area (TPSA) is 39.8 Å². The lowest BCUT2D eigenvalue weighted by molar-refractivity contribution is 0.467. The summed E-state index contributed by atoms with van der Waals surface area (Å²) in [4.78, 5) is 17.6. The summed E-state index contributed by atoms with van der Waals surface area (Å²) >= 11 is 12.5. The Bertz CT molecular complexity index is 1580. The number of hydrogen-bond donors (Lipinski definition) is 0. The van der Waals surface area contributed by atoms with Crippen LogP contribution in [-0.2, 0) is 12.6 Å². The van der Waals surface area contributed by atoms with Crippen LogP contribution in [0.5, 0.6) is 0 Å². The molecular formula is C28H23Cl2N3O. The lowest BCUT2D eigenvalue weighted by atomic mass is 9.82. The molecule has 0 bridgehead atoms. The van der Waals surface area contributed by atoms with Crippen molar-refractivity contribution >= 4 is 34.1 Å². The van der Waals surface area contributed by atoms with Crippen molar-refractivity contribution in [1.29, 1.82) is 0 Å². The summed E-state index contributed by atoms with van der Waals surface area (Å²) in [6, 6.07) is 23.3. The van der Waals surface area contributed by atoms with Crippen LogP contribution in [0.3, 0.4) is 0 Å². The number of benzene rings is 3. The van der Waals surface area contributed by atoms with Gasteiger partial charge in [-0.2, -0.15) is 0 Å². The van der Waals surface area contributed by atoms with E-state index < -0.39 is 5.54 Å². The predicted molar refractivity (Wildman–Crippen MR) is 140 cm³/mol. The molecule has 2 aromatic heterocycles. The van der Waals surface area contributed by atoms with Crippen LogP contribution in [0.2, 0.25) is 10.0 Å². The predicted octanol–water partition coefficient (Wildman–Crippen LogP) is 6.83. The summed E-state index contributed by atoms with van der Waals surface area (Å²) in [6.45, 7) is 4.18. The van der Waals surface area contributed by atoms with Gasteiger partial charge in [-0.25, -0.2) is 4.98 Å². The summed E-state index contributed by atoms with van der Waals surface area (Å²) in [5, 5.41) is 2.27. The van der Waals surface area contributed by atoms with Gasteiger partial charge in [-0.15, -0.1) is 0 Å². The molecule has 1 unspecified atom stereocenters. The number of pyridine rings is 1. The molecule has 4 nitrogen and oxygen atoms in total. The highest BCUT2D eigenvalue weighted by Crippen LogP contribution is 2.40. The zero-order chi connectivity index (χ0) is 24.0. The number of hydrogen-bond acceptors (Lipinski definition) is 2. The molecule has 0 amide bonds. The van der Waals surface area contributed by atoms with Gasteiger partial charge in [0.1, 0.15) is 0 Å². The molecule has 5 rings (SSSR count). The molecule has 1 atom stereocenters. The Kier molecular flexibility index (Phi) is 5.59. The van der Waals surface area contributed by atoms with E-state index in [0.717, 1.165) is 38.9 Å². The van der Waals surface area contributed by atoms with E-state index >= 15 is 0 Å². The second-order valence-corrected chi connectivity index (χ2v) is 9.52. The molecule has 34 heavy (non-hydrogen) atoms. The van der Waals surface area contributed by atoms with Gasteiger partial charge < -0.3 is 9.13 Å². The molecule has 0 aliphatic carbocycles. The number of imidazole rings is 1. The van der Waals surface area contributed by atoms with Gasteiger partial charge in [-0.05, 0) is 54.8 Å². The molecule has 6 heteroatoms. The number of nitrogens with zero attached hydrogens (tertiary/aromatic N) is 3. The largest absolute Gasteiger partial charge is 0.321 e. The van der Waals surface area contributed by atoms with E-state index in [1.165, 1.54) is 0 Å². The number of halogens is 2. The molecule has 0 saturated carbocycles. The SMILES string of the molecule is Cc1cncn1C(C)(c1ccc(Cl)cc1)c1cccc2c(-c3cccc(Cl)c3)cc(=O)n(C)c12. The highest BCUT2D eigenvalue weighted by Gasteiger charge is 2.34. The third kappa shape index (κ3) is 3.54. The molecule has 5 aromatic rings. The second-order valence-electron chi connectivity index (χ2n) is 8.65. The average molecular weight is 488 g/mol. The van der Waals surface area contributed by atoms with Gasteiger partial charge >= 0.3 is 0 Å². The summed E-state index contributed by atoms with van der Waals surface area (Å²) in [6.07, 6.45) is 3.68. The van der Waals surface area contributed by atoms with Crippen LogP contribution in [-0.4, -0.2) is 14.1 Å². The lowest BCUT2D eigenvalue weighted by Crippen LogP contribution is -2.34. The van der Waals surface area contributed by atoms with Crippen LogP contribution >= 0.6 is 23.2 Å². The fourth-order valence-electron chi connectivity index (χ4n) is 4.85. The third-order valence-corrected chi connectivity index (χ3v) is 7.12. The second kappa shape index (κ2) is 8.46. The highest BCUT2D eigenvalue weighted by atomic mass is 35.5. The van der Waals surface area contributed by atoms with E-state index in [9.17, 15) is 4.79 Å². The molecule has 170 valence electrons. The van der Waals surface area contributed by atoms with Crippen molar-refractivity contribution < 1.29 is 0 Å². The molecule has 0 aliphatic rings. The lowest BCUT2D eigenvalue weighted by Gasteiger charge is -2.35. The number of aryl methyl sites for hydroxylation is 2. The first-order chi connectivity index (χ1) is 16.3. The third-order valence-electron chi connectivity index (χ3n) is 6.63. The van der Waals surface area contributed by atoms with Crippen LogP contribution < -0.4 is 5.56 Å². The fraction of sp³-hybridized carbons (Fsp3) is 0.143. The van der Waals surface area contributed by atoms with E-state index in [-0.39, 0.29) is 5.56 Å². The zero-order valence-electron chi connectivity index (χ0n) is 19.1. The maximum atomic E-state index is 13.2. The number of para-hydroxylation sites is 1. The minimum Gasteiger partial charge on any atom is -0.321 e. The number of aromatic nitrogens is 3. The molecule has 0 fully saturated rings. The van der Waals surface area contributed by atoms with Crippen molar-refractivity contribution in [1.82, 2.24) is 14.1 Å². The molecule has 0 saturated heterocycles. The van der Waals surface area contributed by atoms with Gasteiger partial charge in [-0.1, -0.05) is 65.7 Å². The van der Waals surface area contributed by atoms with E-state index in [1.807, 2.05) is 81.1 Å². The Morgan fingerprint density at radius 1 is 0.912 bits per heavy atom. The monoisotopic (exact) mass is 487 g/mol. The minimum absolute atomic E-state index is 0.0873. The Morgan fingerprint density at radius 2 is 1.65 bits per heavy atom. The molecule has 0 radical (unpaired) electrons.